The summed E-state index contributed by atoms with van der Waals surface area (Å²) < 4.78 is 0. The van der Waals surface area contributed by atoms with Crippen molar-refractivity contribution in [1.82, 2.24) is 5.32 Å². The van der Waals surface area contributed by atoms with Gasteiger partial charge in [0.1, 0.15) is 0 Å². The van der Waals surface area contributed by atoms with Crippen molar-refractivity contribution in [3.05, 3.63) is 23.8 Å². The molecule has 2 nitrogen and oxygen atoms in total. The molecule has 0 bridgehead atoms. The van der Waals surface area contributed by atoms with Crippen molar-refractivity contribution in [2.75, 3.05) is 24.6 Å². The van der Waals surface area contributed by atoms with E-state index < -0.39 is 0 Å². The van der Waals surface area contributed by atoms with Gasteiger partial charge in [-0.1, -0.05) is 12.1 Å². The van der Waals surface area contributed by atoms with Gasteiger partial charge in [-0.3, -0.25) is 0 Å². The summed E-state index contributed by atoms with van der Waals surface area (Å²) in [6, 6.07) is 6.27. The second-order valence-corrected chi connectivity index (χ2v) is 5.22. The average Bonchev–Trinajstić information content (AvgIpc) is 2.73. The van der Waals surface area contributed by atoms with Gasteiger partial charge in [-0.05, 0) is 44.0 Å². The summed E-state index contributed by atoms with van der Waals surface area (Å²) in [6.07, 6.45) is 1.30. The first kappa shape index (κ1) is 10.8. The van der Waals surface area contributed by atoms with Crippen LogP contribution in [0.15, 0.2) is 23.1 Å². The molecule has 1 aromatic carbocycles. The number of nitrogens with two attached hydrogens (primary N) is 1. The zero-order valence-corrected chi connectivity index (χ0v) is 9.94. The summed E-state index contributed by atoms with van der Waals surface area (Å²) in [5.74, 6) is 2.00. The Bertz CT molecular complexity index is 332. The molecule has 1 saturated heterocycles. The topological polar surface area (TPSA) is 38.0 Å². The summed E-state index contributed by atoms with van der Waals surface area (Å²) in [7, 11) is 0. The zero-order valence-electron chi connectivity index (χ0n) is 9.12. The summed E-state index contributed by atoms with van der Waals surface area (Å²) >= 11 is 1.89. The van der Waals surface area contributed by atoms with Crippen molar-refractivity contribution in [2.45, 2.75) is 18.2 Å². The van der Waals surface area contributed by atoms with Gasteiger partial charge in [0.25, 0.3) is 0 Å². The molecule has 0 spiro atoms. The van der Waals surface area contributed by atoms with E-state index in [0.717, 1.165) is 11.6 Å². The number of nitrogen functional groups attached to an aromatic ring is 1. The summed E-state index contributed by atoms with van der Waals surface area (Å²) in [4.78, 5) is 1.24. The molecule has 15 heavy (non-hydrogen) atoms. The Morgan fingerprint density at radius 1 is 1.53 bits per heavy atom. The number of hydrogen-bond donors (Lipinski definition) is 2. The molecule has 1 aliphatic heterocycles. The summed E-state index contributed by atoms with van der Waals surface area (Å²) in [5.41, 5.74) is 8.17. The first-order valence-corrected chi connectivity index (χ1v) is 6.44. The van der Waals surface area contributed by atoms with Gasteiger partial charge in [0.2, 0.25) is 0 Å². The fraction of sp³-hybridized carbons (Fsp3) is 0.500. The molecule has 0 radical (unpaired) electrons. The van der Waals surface area contributed by atoms with Gasteiger partial charge in [-0.25, -0.2) is 0 Å². The van der Waals surface area contributed by atoms with E-state index in [1.165, 1.54) is 35.7 Å². The van der Waals surface area contributed by atoms with Gasteiger partial charge in [0.15, 0.2) is 0 Å². The van der Waals surface area contributed by atoms with Crippen molar-refractivity contribution >= 4 is 17.4 Å². The minimum absolute atomic E-state index is 0.815. The van der Waals surface area contributed by atoms with E-state index >= 15 is 0 Å². The quantitative estimate of drug-likeness (QED) is 0.608. The summed E-state index contributed by atoms with van der Waals surface area (Å²) in [5, 5.41) is 3.39. The van der Waals surface area contributed by atoms with E-state index in [0.29, 0.717) is 0 Å². The Hall–Kier alpha value is -0.670. The second kappa shape index (κ2) is 4.90. The van der Waals surface area contributed by atoms with E-state index in [1.54, 1.807) is 0 Å². The summed E-state index contributed by atoms with van der Waals surface area (Å²) in [6.45, 7) is 4.41. The van der Waals surface area contributed by atoms with Crippen molar-refractivity contribution in [2.24, 2.45) is 5.92 Å². The maximum absolute atomic E-state index is 6.03. The third-order valence-electron chi connectivity index (χ3n) is 2.92. The lowest BCUT2D eigenvalue weighted by molar-refractivity contribution is 0.663. The number of nitrogens with one attached hydrogen (secondary N) is 1. The lowest BCUT2D eigenvalue weighted by atomic mass is 10.2. The highest BCUT2D eigenvalue weighted by atomic mass is 32.2. The van der Waals surface area contributed by atoms with Crippen LogP contribution in [0.2, 0.25) is 0 Å². The van der Waals surface area contributed by atoms with Crippen LogP contribution in [0, 0.1) is 12.8 Å². The first-order chi connectivity index (χ1) is 7.27. The minimum atomic E-state index is 0.815. The van der Waals surface area contributed by atoms with E-state index in [4.69, 9.17) is 5.73 Å². The molecular formula is C12H18N2S. The van der Waals surface area contributed by atoms with Crippen LogP contribution in [-0.2, 0) is 0 Å². The highest BCUT2D eigenvalue weighted by Crippen LogP contribution is 2.29. The number of para-hydroxylation sites is 1. The number of rotatable bonds is 3. The zero-order chi connectivity index (χ0) is 10.7. The molecule has 0 aliphatic carbocycles. The Kier molecular flexibility index (Phi) is 3.54. The molecule has 1 aromatic rings. The Morgan fingerprint density at radius 3 is 3.13 bits per heavy atom. The highest BCUT2D eigenvalue weighted by Gasteiger charge is 2.15. The standard InChI is InChI=1S/C12H18N2S/c1-9-3-2-4-11(12(9)13)15-8-10-5-6-14-7-10/h2-4,10,14H,5-8,13H2,1H3. The van der Waals surface area contributed by atoms with Gasteiger partial charge >= 0.3 is 0 Å². The van der Waals surface area contributed by atoms with Gasteiger partial charge in [0.05, 0.1) is 0 Å². The highest BCUT2D eigenvalue weighted by molar-refractivity contribution is 7.99. The second-order valence-electron chi connectivity index (χ2n) is 4.16. The van der Waals surface area contributed by atoms with E-state index in [2.05, 4.69) is 30.4 Å². The Labute approximate surface area is 95.6 Å². The molecule has 3 N–H and O–H groups in total. The maximum Gasteiger partial charge on any atom is 0.0481 e. The normalized spacial score (nSPS) is 20.7. The van der Waals surface area contributed by atoms with E-state index in [-0.39, 0.29) is 0 Å². The molecule has 3 heteroatoms. The fourth-order valence-electron chi connectivity index (χ4n) is 1.84. The molecule has 0 aromatic heterocycles. The molecule has 1 heterocycles. The number of aryl methyl sites for hydroxylation is 1. The smallest absolute Gasteiger partial charge is 0.0481 e. The van der Waals surface area contributed by atoms with E-state index in [1.807, 2.05) is 11.8 Å². The van der Waals surface area contributed by atoms with Crippen molar-refractivity contribution in [3.8, 4) is 0 Å². The van der Waals surface area contributed by atoms with Gasteiger partial charge < -0.3 is 11.1 Å². The van der Waals surface area contributed by atoms with Gasteiger partial charge in [-0.2, -0.15) is 0 Å². The Balaban J connectivity index is 1.95. The van der Waals surface area contributed by atoms with Crippen LogP contribution < -0.4 is 11.1 Å². The minimum Gasteiger partial charge on any atom is -0.398 e. The van der Waals surface area contributed by atoms with Gasteiger partial charge in [-0.15, -0.1) is 11.8 Å². The molecule has 0 amide bonds. The lowest BCUT2D eigenvalue weighted by Gasteiger charge is -2.10. The van der Waals surface area contributed by atoms with Crippen molar-refractivity contribution in [1.29, 1.82) is 0 Å². The number of thioether (sulfide) groups is 1. The molecule has 2 rings (SSSR count). The van der Waals surface area contributed by atoms with Crippen molar-refractivity contribution in [3.63, 3.8) is 0 Å². The largest absolute Gasteiger partial charge is 0.398 e. The Morgan fingerprint density at radius 2 is 2.40 bits per heavy atom. The van der Waals surface area contributed by atoms with Crippen LogP contribution in [0.4, 0.5) is 5.69 Å². The fourth-order valence-corrected chi connectivity index (χ4v) is 3.03. The van der Waals surface area contributed by atoms with E-state index in [9.17, 15) is 0 Å². The van der Waals surface area contributed by atoms with Crippen LogP contribution in [0.5, 0.6) is 0 Å². The molecular weight excluding hydrogens is 204 g/mol. The predicted octanol–water partition coefficient (Wildman–Crippen LogP) is 2.28. The maximum atomic E-state index is 6.03. The van der Waals surface area contributed by atoms with Crippen molar-refractivity contribution < 1.29 is 0 Å². The molecule has 82 valence electrons. The van der Waals surface area contributed by atoms with Crippen LogP contribution in [0.3, 0.4) is 0 Å². The average molecular weight is 222 g/mol. The molecule has 1 fully saturated rings. The lowest BCUT2D eigenvalue weighted by Crippen LogP contribution is -2.10. The first-order valence-electron chi connectivity index (χ1n) is 5.46. The molecule has 1 aliphatic rings. The number of hydrogen-bond acceptors (Lipinski definition) is 3. The SMILES string of the molecule is Cc1cccc(SCC2CCNC2)c1N. The number of anilines is 1. The molecule has 1 atom stereocenters. The third kappa shape index (κ3) is 2.67. The van der Waals surface area contributed by atoms with Crippen LogP contribution in [0.25, 0.3) is 0 Å². The van der Waals surface area contributed by atoms with Crippen LogP contribution in [0.1, 0.15) is 12.0 Å². The predicted molar refractivity (Wildman–Crippen MR) is 67.3 cm³/mol. The molecule has 1 unspecified atom stereocenters. The van der Waals surface area contributed by atoms with Crippen LogP contribution in [-0.4, -0.2) is 18.8 Å². The molecule has 0 saturated carbocycles. The van der Waals surface area contributed by atoms with Crippen LogP contribution >= 0.6 is 11.8 Å². The third-order valence-corrected chi connectivity index (χ3v) is 4.23. The number of benzene rings is 1. The van der Waals surface area contributed by atoms with Gasteiger partial charge in [0, 0.05) is 16.3 Å². The monoisotopic (exact) mass is 222 g/mol.